The number of rotatable bonds is 1. The van der Waals surface area contributed by atoms with Crippen molar-refractivity contribution in [3.63, 3.8) is 0 Å². The van der Waals surface area contributed by atoms with Gasteiger partial charge < -0.3 is 5.11 Å². The van der Waals surface area contributed by atoms with Crippen molar-refractivity contribution in [3.05, 3.63) is 34.6 Å². The Labute approximate surface area is 90.5 Å². The van der Waals surface area contributed by atoms with Gasteiger partial charge in [0.25, 0.3) is 0 Å². The molecule has 1 nitrogen and oxygen atoms in total. The maximum absolute atomic E-state index is 13.0. The summed E-state index contributed by atoms with van der Waals surface area (Å²) >= 11 is 0. The fraction of sp³-hybridized carbons (Fsp3) is 0.333. The van der Waals surface area contributed by atoms with Crippen LogP contribution in [0.2, 0.25) is 0 Å². The van der Waals surface area contributed by atoms with Crippen molar-refractivity contribution in [2.75, 3.05) is 0 Å². The summed E-state index contributed by atoms with van der Waals surface area (Å²) < 4.78 is 86.8. The van der Waals surface area contributed by atoms with Crippen LogP contribution in [0.5, 0.6) is 0 Å². The van der Waals surface area contributed by atoms with E-state index in [1.807, 2.05) is 0 Å². The smallest absolute Gasteiger partial charge is 0.392 e. The third kappa shape index (κ3) is 2.87. The van der Waals surface area contributed by atoms with Gasteiger partial charge in [-0.2, -0.15) is 26.3 Å². The highest BCUT2D eigenvalue weighted by Crippen LogP contribution is 2.42. The first-order chi connectivity index (χ1) is 7.57. The predicted molar refractivity (Wildman–Crippen MR) is 42.3 cm³/mol. The molecule has 1 aromatic rings. The van der Waals surface area contributed by atoms with E-state index in [0.29, 0.717) is 0 Å². The van der Waals surface area contributed by atoms with Crippen LogP contribution in [0.25, 0.3) is 0 Å². The number of hydrogen-bond acceptors (Lipinski definition) is 1. The Morgan fingerprint density at radius 2 is 1.47 bits per heavy atom. The fourth-order valence-electron chi connectivity index (χ4n) is 1.27. The van der Waals surface area contributed by atoms with E-state index < -0.39 is 41.5 Å². The van der Waals surface area contributed by atoms with Crippen LogP contribution in [-0.4, -0.2) is 5.11 Å². The largest absolute Gasteiger partial charge is 0.419 e. The average Bonchev–Trinajstić information content (AvgIpc) is 2.12. The Morgan fingerprint density at radius 1 is 0.941 bits per heavy atom. The molecule has 0 amide bonds. The summed E-state index contributed by atoms with van der Waals surface area (Å²) in [4.78, 5) is 0. The molecule has 0 saturated heterocycles. The van der Waals surface area contributed by atoms with Gasteiger partial charge in [-0.3, -0.25) is 0 Å². The van der Waals surface area contributed by atoms with Gasteiger partial charge in [0.2, 0.25) is 0 Å². The van der Waals surface area contributed by atoms with Gasteiger partial charge in [-0.15, -0.1) is 0 Å². The first-order valence-corrected chi connectivity index (χ1v) is 4.15. The zero-order valence-electron chi connectivity index (χ0n) is 7.95. The lowest BCUT2D eigenvalue weighted by Crippen LogP contribution is -2.19. The normalized spacial score (nSPS) is 12.9. The molecule has 0 fully saturated rings. The van der Waals surface area contributed by atoms with Gasteiger partial charge in [0.05, 0.1) is 12.2 Å². The van der Waals surface area contributed by atoms with Crippen LogP contribution in [0, 0.1) is 5.82 Å². The average molecular weight is 262 g/mol. The van der Waals surface area contributed by atoms with Crippen molar-refractivity contribution < 1.29 is 35.8 Å². The summed E-state index contributed by atoms with van der Waals surface area (Å²) in [6, 6.07) is 0.296. The summed E-state index contributed by atoms with van der Waals surface area (Å²) in [5.74, 6) is -2.06. The second-order valence-electron chi connectivity index (χ2n) is 3.15. The zero-order valence-corrected chi connectivity index (χ0v) is 7.95. The standard InChI is InChI=1S/C9H5F7O/c10-6-2-4(3-17)1-5(8(11,12)13)7(6)9(14,15)16/h1-2,17H,3H2. The van der Waals surface area contributed by atoms with Gasteiger partial charge in [0, 0.05) is 0 Å². The summed E-state index contributed by atoms with van der Waals surface area (Å²) in [5, 5.41) is 8.53. The second-order valence-corrected chi connectivity index (χ2v) is 3.15. The number of aliphatic hydroxyl groups excluding tert-OH is 1. The van der Waals surface area contributed by atoms with Gasteiger partial charge >= 0.3 is 12.4 Å². The summed E-state index contributed by atoms with van der Waals surface area (Å²) in [7, 11) is 0. The monoisotopic (exact) mass is 262 g/mol. The molecule has 1 aromatic carbocycles. The Hall–Kier alpha value is -1.31. The van der Waals surface area contributed by atoms with E-state index in [9.17, 15) is 30.7 Å². The molecule has 17 heavy (non-hydrogen) atoms. The van der Waals surface area contributed by atoms with E-state index >= 15 is 0 Å². The van der Waals surface area contributed by atoms with Crippen LogP contribution < -0.4 is 0 Å². The first-order valence-electron chi connectivity index (χ1n) is 4.15. The van der Waals surface area contributed by atoms with E-state index in [2.05, 4.69) is 0 Å². The molecule has 0 atom stereocenters. The third-order valence-electron chi connectivity index (χ3n) is 1.92. The molecule has 1 N–H and O–H groups in total. The van der Waals surface area contributed by atoms with Crippen molar-refractivity contribution in [1.82, 2.24) is 0 Å². The molecular weight excluding hydrogens is 257 g/mol. The van der Waals surface area contributed by atoms with Crippen molar-refractivity contribution >= 4 is 0 Å². The van der Waals surface area contributed by atoms with Crippen molar-refractivity contribution in [1.29, 1.82) is 0 Å². The summed E-state index contributed by atoms with van der Waals surface area (Å²) in [6.07, 6.45) is -10.8. The van der Waals surface area contributed by atoms with Crippen molar-refractivity contribution in [2.45, 2.75) is 19.0 Å². The number of alkyl halides is 6. The molecule has 0 bridgehead atoms. The predicted octanol–water partition coefficient (Wildman–Crippen LogP) is 3.36. The Morgan fingerprint density at radius 3 is 1.82 bits per heavy atom. The molecule has 0 heterocycles. The highest BCUT2D eigenvalue weighted by Gasteiger charge is 2.45. The second kappa shape index (κ2) is 4.17. The van der Waals surface area contributed by atoms with Crippen LogP contribution in [-0.2, 0) is 19.0 Å². The zero-order chi connectivity index (χ0) is 13.4. The Balaban J connectivity index is 3.58. The molecular formula is C9H5F7O. The van der Waals surface area contributed by atoms with E-state index in [4.69, 9.17) is 5.11 Å². The number of hydrogen-bond donors (Lipinski definition) is 1. The molecule has 0 unspecified atom stereocenters. The highest BCUT2D eigenvalue weighted by atomic mass is 19.4. The lowest BCUT2D eigenvalue weighted by atomic mass is 10.0. The molecule has 0 aliphatic carbocycles. The lowest BCUT2D eigenvalue weighted by molar-refractivity contribution is -0.164. The Kier molecular flexibility index (Phi) is 3.37. The first kappa shape index (κ1) is 13.8. The summed E-state index contributed by atoms with van der Waals surface area (Å²) in [5.41, 5.74) is -5.10. The fourth-order valence-corrected chi connectivity index (χ4v) is 1.27. The van der Waals surface area contributed by atoms with Crippen LogP contribution in [0.4, 0.5) is 30.7 Å². The minimum atomic E-state index is -5.46. The molecule has 0 saturated carbocycles. The van der Waals surface area contributed by atoms with E-state index in [1.54, 1.807) is 0 Å². The minimum Gasteiger partial charge on any atom is -0.392 e. The molecule has 0 aliphatic heterocycles. The molecule has 0 aliphatic rings. The molecule has 0 spiro atoms. The SMILES string of the molecule is OCc1cc(F)c(C(F)(F)F)c(C(F)(F)F)c1. The number of halogens is 7. The van der Waals surface area contributed by atoms with E-state index in [-0.39, 0.29) is 12.1 Å². The van der Waals surface area contributed by atoms with Gasteiger partial charge in [0.15, 0.2) is 0 Å². The van der Waals surface area contributed by atoms with E-state index in [0.717, 1.165) is 0 Å². The molecule has 8 heteroatoms. The molecule has 0 radical (unpaired) electrons. The maximum atomic E-state index is 13.0. The highest BCUT2D eigenvalue weighted by molar-refractivity contribution is 5.37. The number of aliphatic hydroxyl groups is 1. The van der Waals surface area contributed by atoms with Crippen LogP contribution in [0.15, 0.2) is 12.1 Å². The van der Waals surface area contributed by atoms with Crippen LogP contribution >= 0.6 is 0 Å². The van der Waals surface area contributed by atoms with Gasteiger partial charge in [-0.25, -0.2) is 4.39 Å². The van der Waals surface area contributed by atoms with E-state index in [1.165, 1.54) is 0 Å². The molecule has 0 aromatic heterocycles. The van der Waals surface area contributed by atoms with Gasteiger partial charge in [0.1, 0.15) is 11.4 Å². The van der Waals surface area contributed by atoms with Crippen LogP contribution in [0.1, 0.15) is 16.7 Å². The quantitative estimate of drug-likeness (QED) is 0.769. The summed E-state index contributed by atoms with van der Waals surface area (Å²) in [6.45, 7) is -0.988. The molecule has 1 rings (SSSR count). The third-order valence-corrected chi connectivity index (χ3v) is 1.92. The Bertz CT molecular complexity index is 419. The van der Waals surface area contributed by atoms with Crippen LogP contribution in [0.3, 0.4) is 0 Å². The number of benzene rings is 1. The van der Waals surface area contributed by atoms with Crippen molar-refractivity contribution in [2.24, 2.45) is 0 Å². The van der Waals surface area contributed by atoms with Crippen molar-refractivity contribution in [3.8, 4) is 0 Å². The van der Waals surface area contributed by atoms with Gasteiger partial charge in [-0.1, -0.05) is 0 Å². The topological polar surface area (TPSA) is 20.2 Å². The van der Waals surface area contributed by atoms with Gasteiger partial charge in [-0.05, 0) is 17.7 Å². The minimum absolute atomic E-state index is 0.0753. The lowest BCUT2D eigenvalue weighted by Gasteiger charge is -2.17. The molecule has 96 valence electrons. The maximum Gasteiger partial charge on any atom is 0.419 e.